The van der Waals surface area contributed by atoms with Crippen molar-refractivity contribution >= 4 is 17.9 Å². The Hall–Kier alpha value is -2.43. The zero-order valence-corrected chi connectivity index (χ0v) is 10.9. The van der Waals surface area contributed by atoms with Gasteiger partial charge >= 0.3 is 0 Å². The molecule has 2 aromatic rings. The average Bonchev–Trinajstić information content (AvgIpc) is 2.80. The summed E-state index contributed by atoms with van der Waals surface area (Å²) in [4.78, 5) is 22.8. The second-order valence-corrected chi connectivity index (χ2v) is 4.18. The van der Waals surface area contributed by atoms with E-state index in [1.165, 1.54) is 0 Å². The minimum Gasteiger partial charge on any atom is -0.321 e. The number of carbonyl (C=O) groups is 2. The minimum absolute atomic E-state index is 0.231. The Bertz CT molecular complexity index is 617. The Morgan fingerprint density at radius 2 is 2.21 bits per heavy atom. The maximum absolute atomic E-state index is 12.1. The fraction of sp³-hybridized carbons (Fsp3) is 0.214. The molecule has 0 fully saturated rings. The maximum atomic E-state index is 12.1. The molecule has 0 aliphatic carbocycles. The van der Waals surface area contributed by atoms with Crippen LogP contribution in [-0.4, -0.2) is 22.0 Å². The van der Waals surface area contributed by atoms with Crippen molar-refractivity contribution in [2.45, 2.75) is 20.4 Å². The molecule has 1 heterocycles. The molecule has 0 aliphatic rings. The molecule has 5 nitrogen and oxygen atoms in total. The lowest BCUT2D eigenvalue weighted by atomic mass is 10.2. The minimum atomic E-state index is -0.231. The van der Waals surface area contributed by atoms with E-state index in [4.69, 9.17) is 0 Å². The quantitative estimate of drug-likeness (QED) is 0.854. The predicted octanol–water partition coefficient (Wildman–Crippen LogP) is 2.28. The number of aldehydes is 1. The van der Waals surface area contributed by atoms with Crippen LogP contribution in [0.5, 0.6) is 0 Å². The number of rotatable bonds is 4. The smallest absolute Gasteiger partial charge is 0.273 e. The van der Waals surface area contributed by atoms with Gasteiger partial charge in [0.15, 0.2) is 0 Å². The lowest BCUT2D eigenvalue weighted by molar-refractivity contribution is 0.101. The first-order valence-corrected chi connectivity index (χ1v) is 6.05. The molecule has 1 N–H and O–H groups in total. The lowest BCUT2D eigenvalue weighted by Gasteiger charge is -2.06. The molecule has 0 saturated carbocycles. The van der Waals surface area contributed by atoms with E-state index in [0.29, 0.717) is 23.5 Å². The van der Waals surface area contributed by atoms with Crippen molar-refractivity contribution in [3.8, 4) is 0 Å². The predicted molar refractivity (Wildman–Crippen MR) is 72.4 cm³/mol. The van der Waals surface area contributed by atoms with Crippen LogP contribution in [0.2, 0.25) is 0 Å². The van der Waals surface area contributed by atoms with Gasteiger partial charge in [0.05, 0.1) is 5.69 Å². The molecule has 0 bridgehead atoms. The van der Waals surface area contributed by atoms with Crippen LogP contribution in [0, 0.1) is 6.92 Å². The number of nitrogens with zero attached hydrogens (tertiary/aromatic N) is 2. The molecular weight excluding hydrogens is 242 g/mol. The summed E-state index contributed by atoms with van der Waals surface area (Å²) in [5.41, 5.74) is 2.43. The number of amides is 1. The number of hydrogen-bond acceptors (Lipinski definition) is 3. The summed E-state index contributed by atoms with van der Waals surface area (Å²) < 4.78 is 1.65. The Labute approximate surface area is 111 Å². The van der Waals surface area contributed by atoms with Gasteiger partial charge in [0.1, 0.15) is 12.0 Å². The van der Waals surface area contributed by atoms with Gasteiger partial charge < -0.3 is 5.32 Å². The second-order valence-electron chi connectivity index (χ2n) is 4.18. The van der Waals surface area contributed by atoms with Crippen LogP contribution in [0.15, 0.2) is 30.3 Å². The first-order valence-electron chi connectivity index (χ1n) is 6.05. The summed E-state index contributed by atoms with van der Waals surface area (Å²) in [6, 6.07) is 8.52. The number of nitrogens with one attached hydrogen (secondary N) is 1. The van der Waals surface area contributed by atoms with Crippen molar-refractivity contribution in [3.05, 3.63) is 47.3 Å². The van der Waals surface area contributed by atoms with Gasteiger partial charge in [-0.05, 0) is 32.0 Å². The molecule has 0 saturated heterocycles. The molecule has 19 heavy (non-hydrogen) atoms. The monoisotopic (exact) mass is 257 g/mol. The van der Waals surface area contributed by atoms with E-state index in [9.17, 15) is 9.59 Å². The Balaban J connectivity index is 2.22. The lowest BCUT2D eigenvalue weighted by Crippen LogP contribution is -2.17. The van der Waals surface area contributed by atoms with Gasteiger partial charge in [-0.2, -0.15) is 5.10 Å². The van der Waals surface area contributed by atoms with Gasteiger partial charge in [-0.1, -0.05) is 12.1 Å². The highest BCUT2D eigenvalue weighted by atomic mass is 16.2. The number of anilines is 1. The van der Waals surface area contributed by atoms with Gasteiger partial charge in [0, 0.05) is 17.8 Å². The van der Waals surface area contributed by atoms with Crippen LogP contribution < -0.4 is 5.32 Å². The topological polar surface area (TPSA) is 64.0 Å². The Morgan fingerprint density at radius 1 is 1.42 bits per heavy atom. The fourth-order valence-corrected chi connectivity index (χ4v) is 1.85. The van der Waals surface area contributed by atoms with E-state index in [2.05, 4.69) is 10.4 Å². The van der Waals surface area contributed by atoms with Crippen molar-refractivity contribution in [3.63, 3.8) is 0 Å². The van der Waals surface area contributed by atoms with Crippen molar-refractivity contribution in [1.29, 1.82) is 0 Å². The highest BCUT2D eigenvalue weighted by Gasteiger charge is 2.13. The summed E-state index contributed by atoms with van der Waals surface area (Å²) >= 11 is 0. The SMILES string of the molecule is CCn1nc(C)cc1C(=O)Nc1cccc(C=O)c1. The summed E-state index contributed by atoms with van der Waals surface area (Å²) in [6.07, 6.45) is 0.746. The van der Waals surface area contributed by atoms with E-state index in [0.717, 1.165) is 12.0 Å². The van der Waals surface area contributed by atoms with Gasteiger partial charge in [0.25, 0.3) is 5.91 Å². The summed E-state index contributed by atoms with van der Waals surface area (Å²) in [5, 5.41) is 6.99. The standard InChI is InChI=1S/C14H15N3O2/c1-3-17-13(7-10(2)16-17)14(19)15-12-6-4-5-11(8-12)9-18/h4-9H,3H2,1-2H3,(H,15,19). The molecule has 98 valence electrons. The Morgan fingerprint density at radius 3 is 2.89 bits per heavy atom. The molecule has 1 aromatic heterocycles. The third-order valence-electron chi connectivity index (χ3n) is 2.71. The van der Waals surface area contributed by atoms with Crippen LogP contribution >= 0.6 is 0 Å². The first kappa shape index (κ1) is 13.0. The third kappa shape index (κ3) is 2.88. The average molecular weight is 257 g/mol. The van der Waals surface area contributed by atoms with E-state index in [1.54, 1.807) is 35.0 Å². The number of carbonyl (C=O) groups excluding carboxylic acids is 2. The number of benzene rings is 1. The summed E-state index contributed by atoms with van der Waals surface area (Å²) in [7, 11) is 0. The van der Waals surface area contributed by atoms with Crippen molar-refractivity contribution < 1.29 is 9.59 Å². The molecule has 2 rings (SSSR count). The van der Waals surface area contributed by atoms with Crippen LogP contribution in [0.3, 0.4) is 0 Å². The van der Waals surface area contributed by atoms with Gasteiger partial charge in [-0.15, -0.1) is 0 Å². The highest BCUT2D eigenvalue weighted by Crippen LogP contribution is 2.12. The molecule has 0 radical (unpaired) electrons. The molecule has 0 atom stereocenters. The summed E-state index contributed by atoms with van der Waals surface area (Å²) in [6.45, 7) is 4.40. The van der Waals surface area contributed by atoms with Crippen LogP contribution in [0.25, 0.3) is 0 Å². The third-order valence-corrected chi connectivity index (χ3v) is 2.71. The number of aryl methyl sites for hydroxylation is 2. The van der Waals surface area contributed by atoms with Gasteiger partial charge in [0.2, 0.25) is 0 Å². The zero-order chi connectivity index (χ0) is 13.8. The second kappa shape index (κ2) is 5.48. The normalized spacial score (nSPS) is 10.2. The maximum Gasteiger partial charge on any atom is 0.273 e. The Kier molecular flexibility index (Phi) is 3.75. The first-order chi connectivity index (χ1) is 9.13. The molecule has 1 amide bonds. The fourth-order valence-electron chi connectivity index (χ4n) is 1.85. The number of aromatic nitrogens is 2. The van der Waals surface area contributed by atoms with E-state index in [-0.39, 0.29) is 5.91 Å². The van der Waals surface area contributed by atoms with Gasteiger partial charge in [-0.25, -0.2) is 0 Å². The molecular formula is C14H15N3O2. The summed E-state index contributed by atoms with van der Waals surface area (Å²) in [5.74, 6) is -0.231. The molecule has 1 aromatic carbocycles. The number of hydrogen-bond donors (Lipinski definition) is 1. The molecule has 0 aliphatic heterocycles. The van der Waals surface area contributed by atoms with Crippen LogP contribution in [0.4, 0.5) is 5.69 Å². The van der Waals surface area contributed by atoms with Crippen LogP contribution in [0.1, 0.15) is 33.5 Å². The van der Waals surface area contributed by atoms with E-state index in [1.807, 2.05) is 13.8 Å². The molecule has 5 heteroatoms. The highest BCUT2D eigenvalue weighted by molar-refractivity contribution is 6.03. The van der Waals surface area contributed by atoms with E-state index >= 15 is 0 Å². The van der Waals surface area contributed by atoms with E-state index < -0.39 is 0 Å². The van der Waals surface area contributed by atoms with Crippen molar-refractivity contribution in [2.75, 3.05) is 5.32 Å². The molecule has 0 unspecified atom stereocenters. The zero-order valence-electron chi connectivity index (χ0n) is 10.9. The van der Waals surface area contributed by atoms with Crippen LogP contribution in [-0.2, 0) is 6.54 Å². The largest absolute Gasteiger partial charge is 0.321 e. The van der Waals surface area contributed by atoms with Crippen molar-refractivity contribution in [1.82, 2.24) is 9.78 Å². The molecule has 0 spiro atoms. The van der Waals surface area contributed by atoms with Gasteiger partial charge in [-0.3, -0.25) is 14.3 Å². The van der Waals surface area contributed by atoms with Crippen molar-refractivity contribution in [2.24, 2.45) is 0 Å².